The van der Waals surface area contributed by atoms with Crippen molar-refractivity contribution in [3.8, 4) is 11.5 Å². The SMILES string of the molecule is COc1cc(C(=O)NCCC(=O)Nc2ccc(Br)cc2)cc(Cl)c1OCC(N)=O. The highest BCUT2D eigenvalue weighted by Crippen LogP contribution is 2.36. The van der Waals surface area contributed by atoms with Crippen molar-refractivity contribution in [1.82, 2.24) is 5.32 Å². The number of rotatable bonds is 9. The highest BCUT2D eigenvalue weighted by Gasteiger charge is 2.16. The fourth-order valence-electron chi connectivity index (χ4n) is 2.28. The molecule has 0 atom stereocenters. The van der Waals surface area contributed by atoms with Gasteiger partial charge < -0.3 is 25.8 Å². The summed E-state index contributed by atoms with van der Waals surface area (Å²) in [4.78, 5) is 35.2. The number of nitrogens with one attached hydrogen (secondary N) is 2. The number of amides is 3. The highest BCUT2D eigenvalue weighted by molar-refractivity contribution is 9.10. The average Bonchev–Trinajstić information content (AvgIpc) is 2.68. The second-order valence-corrected chi connectivity index (χ2v) is 7.13. The number of carbonyl (C=O) groups is 3. The van der Waals surface area contributed by atoms with E-state index in [1.54, 1.807) is 12.1 Å². The smallest absolute Gasteiger partial charge is 0.255 e. The zero-order valence-corrected chi connectivity index (χ0v) is 17.8. The first-order valence-electron chi connectivity index (χ1n) is 8.42. The molecule has 0 aromatic heterocycles. The van der Waals surface area contributed by atoms with Crippen LogP contribution in [0.15, 0.2) is 40.9 Å². The molecule has 0 aliphatic carbocycles. The second-order valence-electron chi connectivity index (χ2n) is 5.81. The molecular formula is C19H19BrClN3O5. The molecule has 0 saturated carbocycles. The number of hydrogen-bond donors (Lipinski definition) is 3. The molecule has 2 aromatic carbocycles. The molecule has 4 N–H and O–H groups in total. The van der Waals surface area contributed by atoms with E-state index in [4.69, 9.17) is 26.8 Å². The lowest BCUT2D eigenvalue weighted by molar-refractivity contribution is -0.120. The molecule has 8 nitrogen and oxygen atoms in total. The van der Waals surface area contributed by atoms with Crippen LogP contribution < -0.4 is 25.8 Å². The lowest BCUT2D eigenvalue weighted by Gasteiger charge is -2.13. The third-order valence-electron chi connectivity index (χ3n) is 3.62. The van der Waals surface area contributed by atoms with E-state index < -0.39 is 11.8 Å². The Morgan fingerprint density at radius 1 is 1.17 bits per heavy atom. The molecule has 0 aliphatic heterocycles. The Morgan fingerprint density at radius 2 is 1.86 bits per heavy atom. The van der Waals surface area contributed by atoms with Crippen molar-refractivity contribution in [2.45, 2.75) is 6.42 Å². The Labute approximate surface area is 180 Å². The second kappa shape index (κ2) is 10.7. The maximum Gasteiger partial charge on any atom is 0.255 e. The Kier molecular flexibility index (Phi) is 8.29. The van der Waals surface area contributed by atoms with E-state index in [-0.39, 0.29) is 47.6 Å². The summed E-state index contributed by atoms with van der Waals surface area (Å²) >= 11 is 9.44. The van der Waals surface area contributed by atoms with Gasteiger partial charge in [-0.05, 0) is 36.4 Å². The Morgan fingerprint density at radius 3 is 2.48 bits per heavy atom. The predicted molar refractivity (Wildman–Crippen MR) is 112 cm³/mol. The quantitative estimate of drug-likeness (QED) is 0.505. The minimum absolute atomic E-state index is 0.0868. The number of carbonyl (C=O) groups excluding carboxylic acids is 3. The van der Waals surface area contributed by atoms with Gasteiger partial charge in [-0.2, -0.15) is 0 Å². The van der Waals surface area contributed by atoms with Gasteiger partial charge >= 0.3 is 0 Å². The zero-order chi connectivity index (χ0) is 21.4. The van der Waals surface area contributed by atoms with Gasteiger partial charge in [0.2, 0.25) is 5.91 Å². The molecule has 0 unspecified atom stereocenters. The molecule has 0 spiro atoms. The normalized spacial score (nSPS) is 10.2. The number of anilines is 1. The number of nitrogens with two attached hydrogens (primary N) is 1. The van der Waals surface area contributed by atoms with Crippen LogP contribution in [0.5, 0.6) is 11.5 Å². The van der Waals surface area contributed by atoms with Gasteiger partial charge in [0, 0.05) is 28.7 Å². The first-order chi connectivity index (χ1) is 13.8. The van der Waals surface area contributed by atoms with Gasteiger partial charge in [0.15, 0.2) is 18.1 Å². The van der Waals surface area contributed by atoms with Crippen LogP contribution in [-0.4, -0.2) is 38.0 Å². The number of halogens is 2. The molecule has 3 amide bonds. The van der Waals surface area contributed by atoms with E-state index in [2.05, 4.69) is 26.6 Å². The number of hydrogen-bond acceptors (Lipinski definition) is 5. The average molecular weight is 485 g/mol. The van der Waals surface area contributed by atoms with E-state index in [1.807, 2.05) is 12.1 Å². The van der Waals surface area contributed by atoms with E-state index >= 15 is 0 Å². The fraction of sp³-hybridized carbons (Fsp3) is 0.211. The molecule has 2 rings (SSSR count). The standard InChI is InChI=1S/C19H19BrClN3O5/c1-28-15-9-11(8-14(21)18(15)29-10-16(22)25)19(27)23-7-6-17(26)24-13-4-2-12(20)3-5-13/h2-5,8-9H,6-7,10H2,1H3,(H2,22,25)(H,23,27)(H,24,26). The Bertz CT molecular complexity index is 905. The van der Waals surface area contributed by atoms with Crippen molar-refractivity contribution < 1.29 is 23.9 Å². The van der Waals surface area contributed by atoms with E-state index in [1.165, 1.54) is 19.2 Å². The first kappa shape index (κ1) is 22.5. The summed E-state index contributed by atoms with van der Waals surface area (Å²) in [6, 6.07) is 9.93. The van der Waals surface area contributed by atoms with E-state index in [0.717, 1.165) is 4.47 Å². The van der Waals surface area contributed by atoms with Crippen LogP contribution in [0.1, 0.15) is 16.8 Å². The van der Waals surface area contributed by atoms with E-state index in [9.17, 15) is 14.4 Å². The molecule has 154 valence electrons. The molecule has 0 radical (unpaired) electrons. The summed E-state index contributed by atoms with van der Waals surface area (Å²) in [6.07, 6.45) is 0.0898. The number of benzene rings is 2. The largest absolute Gasteiger partial charge is 0.493 e. The van der Waals surface area contributed by atoms with Crippen molar-refractivity contribution in [3.63, 3.8) is 0 Å². The number of methoxy groups -OCH3 is 1. The molecule has 0 fully saturated rings. The van der Waals surface area contributed by atoms with Crippen molar-refractivity contribution in [2.75, 3.05) is 25.6 Å². The molecule has 0 bridgehead atoms. The fourth-order valence-corrected chi connectivity index (χ4v) is 2.81. The van der Waals surface area contributed by atoms with Gasteiger partial charge in [0.05, 0.1) is 12.1 Å². The lowest BCUT2D eigenvalue weighted by Crippen LogP contribution is -2.27. The minimum Gasteiger partial charge on any atom is -0.493 e. The third kappa shape index (κ3) is 6.95. The molecule has 29 heavy (non-hydrogen) atoms. The monoisotopic (exact) mass is 483 g/mol. The van der Waals surface area contributed by atoms with Crippen LogP contribution in [0.2, 0.25) is 5.02 Å². The molecule has 2 aromatic rings. The van der Waals surface area contributed by atoms with Crippen LogP contribution in [0.25, 0.3) is 0 Å². The molecule has 0 heterocycles. The Hall–Kier alpha value is -2.78. The number of ether oxygens (including phenoxy) is 2. The predicted octanol–water partition coefficient (Wildman–Crippen LogP) is 2.73. The number of primary amides is 1. The molecule has 0 aliphatic rings. The van der Waals surface area contributed by atoms with Gasteiger partial charge in [-0.1, -0.05) is 27.5 Å². The maximum absolute atomic E-state index is 12.3. The zero-order valence-electron chi connectivity index (χ0n) is 15.5. The van der Waals surface area contributed by atoms with Gasteiger partial charge in [-0.3, -0.25) is 14.4 Å². The summed E-state index contributed by atoms with van der Waals surface area (Å²) in [6.45, 7) is -0.254. The summed E-state index contributed by atoms with van der Waals surface area (Å²) in [5.41, 5.74) is 5.92. The summed E-state index contributed by atoms with van der Waals surface area (Å²) in [5, 5.41) is 5.46. The Balaban J connectivity index is 1.92. The van der Waals surface area contributed by atoms with Crippen molar-refractivity contribution in [3.05, 3.63) is 51.5 Å². The third-order valence-corrected chi connectivity index (χ3v) is 4.43. The molecule has 0 saturated heterocycles. The summed E-state index contributed by atoms with van der Waals surface area (Å²) in [5.74, 6) is -1.07. The topological polar surface area (TPSA) is 120 Å². The first-order valence-corrected chi connectivity index (χ1v) is 9.59. The van der Waals surface area contributed by atoms with Gasteiger partial charge in [0.1, 0.15) is 0 Å². The van der Waals surface area contributed by atoms with Crippen LogP contribution >= 0.6 is 27.5 Å². The van der Waals surface area contributed by atoms with Gasteiger partial charge in [0.25, 0.3) is 11.8 Å². The van der Waals surface area contributed by atoms with Gasteiger partial charge in [-0.25, -0.2) is 0 Å². The molecule has 10 heteroatoms. The van der Waals surface area contributed by atoms with E-state index in [0.29, 0.717) is 5.69 Å². The maximum atomic E-state index is 12.3. The van der Waals surface area contributed by atoms with Crippen molar-refractivity contribution >= 4 is 50.9 Å². The van der Waals surface area contributed by atoms with Crippen molar-refractivity contribution in [1.29, 1.82) is 0 Å². The van der Waals surface area contributed by atoms with Crippen LogP contribution in [0.3, 0.4) is 0 Å². The summed E-state index contributed by atoms with van der Waals surface area (Å²) < 4.78 is 11.3. The van der Waals surface area contributed by atoms with Crippen LogP contribution in [0.4, 0.5) is 5.69 Å². The van der Waals surface area contributed by atoms with Crippen molar-refractivity contribution in [2.24, 2.45) is 5.73 Å². The summed E-state index contributed by atoms with van der Waals surface area (Å²) in [7, 11) is 1.37. The van der Waals surface area contributed by atoms with Crippen LogP contribution in [-0.2, 0) is 9.59 Å². The van der Waals surface area contributed by atoms with Gasteiger partial charge in [-0.15, -0.1) is 0 Å². The van der Waals surface area contributed by atoms with Crippen LogP contribution in [0, 0.1) is 0 Å². The lowest BCUT2D eigenvalue weighted by atomic mass is 10.2. The minimum atomic E-state index is -0.675. The highest BCUT2D eigenvalue weighted by atomic mass is 79.9. The molecular weight excluding hydrogens is 466 g/mol.